The highest BCUT2D eigenvalue weighted by Crippen LogP contribution is 2.34. The molecule has 5 nitrogen and oxygen atoms in total. The van der Waals surface area contributed by atoms with Crippen molar-refractivity contribution in [2.24, 2.45) is 0 Å². The smallest absolute Gasteiger partial charge is 0.251 e. The van der Waals surface area contributed by atoms with E-state index in [1.165, 1.54) is 18.2 Å². The van der Waals surface area contributed by atoms with Crippen molar-refractivity contribution in [2.45, 2.75) is 6.04 Å². The Balaban J connectivity index is 1.72. The van der Waals surface area contributed by atoms with E-state index < -0.39 is 5.82 Å². The molecule has 1 amide bonds. The van der Waals surface area contributed by atoms with Gasteiger partial charge in [0.1, 0.15) is 5.82 Å². The van der Waals surface area contributed by atoms with Crippen LogP contribution in [0.1, 0.15) is 22.0 Å². The molecule has 1 N–H and O–H groups in total. The highest BCUT2D eigenvalue weighted by molar-refractivity contribution is 5.94. The minimum absolute atomic E-state index is 0.0444. The van der Waals surface area contributed by atoms with Crippen LogP contribution in [-0.2, 0) is 0 Å². The number of hydrogen-bond donors (Lipinski definition) is 1. The number of rotatable bonds is 5. The fourth-order valence-corrected chi connectivity index (χ4v) is 2.64. The van der Waals surface area contributed by atoms with E-state index in [2.05, 4.69) is 5.32 Å². The average Bonchev–Trinajstić information content (AvgIpc) is 3.02. The fraction of sp³-hybridized carbons (Fsp3) is 0.278. The second-order valence-corrected chi connectivity index (χ2v) is 5.81. The van der Waals surface area contributed by atoms with Crippen LogP contribution in [0.4, 0.5) is 4.39 Å². The Hall–Kier alpha value is -2.60. The first kappa shape index (κ1) is 16.3. The van der Waals surface area contributed by atoms with Crippen LogP contribution < -0.4 is 14.8 Å². The Bertz CT molecular complexity index is 749. The minimum Gasteiger partial charge on any atom is -0.454 e. The predicted octanol–water partition coefficient (Wildman–Crippen LogP) is 2.59. The summed E-state index contributed by atoms with van der Waals surface area (Å²) >= 11 is 0. The van der Waals surface area contributed by atoms with Crippen molar-refractivity contribution in [3.8, 4) is 11.5 Å². The number of halogens is 1. The second-order valence-electron chi connectivity index (χ2n) is 5.81. The maximum absolute atomic E-state index is 13.2. The molecule has 0 unspecified atom stereocenters. The van der Waals surface area contributed by atoms with Crippen LogP contribution in [-0.4, -0.2) is 38.2 Å². The molecule has 0 bridgehead atoms. The molecule has 0 aliphatic carbocycles. The molecule has 126 valence electrons. The van der Waals surface area contributed by atoms with Gasteiger partial charge in [0.15, 0.2) is 11.5 Å². The average molecular weight is 330 g/mol. The van der Waals surface area contributed by atoms with Crippen LogP contribution in [0, 0.1) is 5.82 Å². The van der Waals surface area contributed by atoms with Crippen LogP contribution in [0.2, 0.25) is 0 Å². The third-order valence-electron chi connectivity index (χ3n) is 3.95. The maximum Gasteiger partial charge on any atom is 0.251 e. The number of carbonyl (C=O) groups is 1. The third-order valence-corrected chi connectivity index (χ3v) is 3.95. The van der Waals surface area contributed by atoms with E-state index in [-0.39, 0.29) is 18.7 Å². The predicted molar refractivity (Wildman–Crippen MR) is 87.7 cm³/mol. The number of carbonyl (C=O) groups excluding carboxylic acids is 1. The number of nitrogens with zero attached hydrogens (tertiary/aromatic N) is 1. The largest absolute Gasteiger partial charge is 0.454 e. The van der Waals surface area contributed by atoms with Gasteiger partial charge >= 0.3 is 0 Å². The van der Waals surface area contributed by atoms with Gasteiger partial charge < -0.3 is 19.7 Å². The number of amides is 1. The zero-order chi connectivity index (χ0) is 17.1. The van der Waals surface area contributed by atoms with Crippen molar-refractivity contribution in [2.75, 3.05) is 27.4 Å². The molecule has 2 aromatic carbocycles. The van der Waals surface area contributed by atoms with E-state index in [1.807, 2.05) is 37.2 Å². The van der Waals surface area contributed by atoms with Crippen molar-refractivity contribution >= 4 is 5.91 Å². The first-order chi connectivity index (χ1) is 11.5. The summed E-state index contributed by atoms with van der Waals surface area (Å²) in [4.78, 5) is 14.2. The lowest BCUT2D eigenvalue weighted by molar-refractivity contribution is 0.0941. The van der Waals surface area contributed by atoms with Crippen LogP contribution in [0.15, 0.2) is 42.5 Å². The van der Waals surface area contributed by atoms with Crippen LogP contribution >= 0.6 is 0 Å². The Kier molecular flexibility index (Phi) is 4.66. The summed E-state index contributed by atoms with van der Waals surface area (Å²) < 4.78 is 24.0. The molecule has 3 rings (SSSR count). The van der Waals surface area contributed by atoms with Crippen molar-refractivity contribution < 1.29 is 18.7 Å². The third kappa shape index (κ3) is 3.49. The molecule has 1 heterocycles. The van der Waals surface area contributed by atoms with E-state index in [1.54, 1.807) is 6.07 Å². The Labute approximate surface area is 140 Å². The van der Waals surface area contributed by atoms with Gasteiger partial charge in [-0.2, -0.15) is 0 Å². The van der Waals surface area contributed by atoms with Crippen molar-refractivity contribution in [3.63, 3.8) is 0 Å². The molecule has 0 saturated carbocycles. The molecule has 24 heavy (non-hydrogen) atoms. The molecule has 0 radical (unpaired) electrons. The first-order valence-electron chi connectivity index (χ1n) is 7.64. The van der Waals surface area contributed by atoms with E-state index in [4.69, 9.17) is 9.47 Å². The molecule has 1 atom stereocenters. The van der Waals surface area contributed by atoms with Gasteiger partial charge in [0.2, 0.25) is 6.79 Å². The van der Waals surface area contributed by atoms with E-state index in [0.717, 1.165) is 11.3 Å². The van der Waals surface area contributed by atoms with Crippen LogP contribution in [0.3, 0.4) is 0 Å². The Morgan fingerprint density at radius 3 is 2.75 bits per heavy atom. The second kappa shape index (κ2) is 6.88. The molecular weight excluding hydrogens is 311 g/mol. The molecule has 1 aliphatic rings. The summed E-state index contributed by atoms with van der Waals surface area (Å²) in [7, 11) is 3.87. The molecule has 6 heteroatoms. The molecule has 0 spiro atoms. The summed E-state index contributed by atoms with van der Waals surface area (Å²) in [6.07, 6.45) is 0. The van der Waals surface area contributed by atoms with E-state index in [9.17, 15) is 9.18 Å². The number of likely N-dealkylation sites (N-methyl/N-ethyl adjacent to an activating group) is 1. The monoisotopic (exact) mass is 330 g/mol. The standard InChI is InChI=1S/C18H19FN2O3/c1-21(2)15(12-6-7-16-17(9-12)24-11-23-16)10-20-18(22)13-4-3-5-14(19)8-13/h3-9,15H,10-11H2,1-2H3,(H,20,22)/t15-/m0/s1. The van der Waals surface area contributed by atoms with Gasteiger partial charge in [0.25, 0.3) is 5.91 Å². The van der Waals surface area contributed by atoms with Gasteiger partial charge in [-0.15, -0.1) is 0 Å². The van der Waals surface area contributed by atoms with Crippen molar-refractivity contribution in [3.05, 3.63) is 59.4 Å². The SMILES string of the molecule is CN(C)[C@@H](CNC(=O)c1cccc(F)c1)c1ccc2c(c1)OCO2. The zero-order valence-electron chi connectivity index (χ0n) is 13.6. The van der Waals surface area contributed by atoms with Gasteiger partial charge in [0.05, 0.1) is 6.04 Å². The topological polar surface area (TPSA) is 50.8 Å². The van der Waals surface area contributed by atoms with Crippen molar-refractivity contribution in [1.29, 1.82) is 0 Å². The maximum atomic E-state index is 13.2. The first-order valence-corrected chi connectivity index (χ1v) is 7.64. The summed E-state index contributed by atoms with van der Waals surface area (Å²) in [5, 5.41) is 2.85. The lowest BCUT2D eigenvalue weighted by atomic mass is 10.0. The normalized spacial score (nSPS) is 13.8. The van der Waals surface area contributed by atoms with Crippen LogP contribution in [0.25, 0.3) is 0 Å². The fourth-order valence-electron chi connectivity index (χ4n) is 2.64. The van der Waals surface area contributed by atoms with Crippen molar-refractivity contribution in [1.82, 2.24) is 10.2 Å². The molecular formula is C18H19FN2O3. The number of hydrogen-bond acceptors (Lipinski definition) is 4. The van der Waals surface area contributed by atoms with Gasteiger partial charge in [0, 0.05) is 12.1 Å². The number of benzene rings is 2. The minimum atomic E-state index is -0.428. The Morgan fingerprint density at radius 2 is 2.00 bits per heavy atom. The molecule has 0 fully saturated rings. The number of nitrogens with one attached hydrogen (secondary N) is 1. The van der Waals surface area contributed by atoms with Gasteiger partial charge in [-0.3, -0.25) is 4.79 Å². The lowest BCUT2D eigenvalue weighted by Crippen LogP contribution is -2.34. The summed E-state index contributed by atoms with van der Waals surface area (Å²) in [5.41, 5.74) is 1.31. The summed E-state index contributed by atoms with van der Waals surface area (Å²) in [5.74, 6) is 0.695. The van der Waals surface area contributed by atoms with E-state index >= 15 is 0 Å². The highest BCUT2D eigenvalue weighted by atomic mass is 19.1. The number of fused-ring (bicyclic) bond motifs is 1. The summed E-state index contributed by atoms with van der Waals surface area (Å²) in [6, 6.07) is 11.3. The highest BCUT2D eigenvalue weighted by Gasteiger charge is 2.20. The van der Waals surface area contributed by atoms with Gasteiger partial charge in [-0.1, -0.05) is 12.1 Å². The number of ether oxygens (including phenoxy) is 2. The molecule has 2 aromatic rings. The molecule has 1 aliphatic heterocycles. The van der Waals surface area contributed by atoms with Gasteiger partial charge in [-0.25, -0.2) is 4.39 Å². The van der Waals surface area contributed by atoms with E-state index in [0.29, 0.717) is 17.9 Å². The lowest BCUT2D eigenvalue weighted by Gasteiger charge is -2.25. The Morgan fingerprint density at radius 1 is 1.21 bits per heavy atom. The quantitative estimate of drug-likeness (QED) is 0.915. The zero-order valence-corrected chi connectivity index (χ0v) is 13.6. The van der Waals surface area contributed by atoms with Gasteiger partial charge in [-0.05, 0) is 50.0 Å². The molecule has 0 saturated heterocycles. The van der Waals surface area contributed by atoms with Crippen LogP contribution in [0.5, 0.6) is 11.5 Å². The molecule has 0 aromatic heterocycles. The summed E-state index contributed by atoms with van der Waals surface area (Å²) in [6.45, 7) is 0.615.